The molecule has 14 heavy (non-hydrogen) atoms. The number of nitrogens with one attached hydrogen (secondary N) is 1. The first-order chi connectivity index (χ1) is 6.76. The molecule has 2 heteroatoms. The fraction of sp³-hybridized carbons (Fsp3) is 1.00. The van der Waals surface area contributed by atoms with E-state index in [4.69, 9.17) is 4.74 Å². The van der Waals surface area contributed by atoms with Crippen molar-refractivity contribution >= 4 is 0 Å². The van der Waals surface area contributed by atoms with Crippen LogP contribution in [0.25, 0.3) is 0 Å². The van der Waals surface area contributed by atoms with E-state index in [1.807, 2.05) is 0 Å². The van der Waals surface area contributed by atoms with Gasteiger partial charge in [0.05, 0.1) is 6.10 Å². The number of rotatable bonds is 6. The van der Waals surface area contributed by atoms with Crippen LogP contribution in [-0.4, -0.2) is 26.3 Å². The van der Waals surface area contributed by atoms with Crippen LogP contribution in [-0.2, 0) is 4.74 Å². The Balaban J connectivity index is 2.47. The van der Waals surface area contributed by atoms with Crippen LogP contribution in [0.4, 0.5) is 0 Å². The highest BCUT2D eigenvalue weighted by molar-refractivity contribution is 4.83. The van der Waals surface area contributed by atoms with E-state index in [1.54, 1.807) is 0 Å². The van der Waals surface area contributed by atoms with Crippen molar-refractivity contribution in [3.8, 4) is 0 Å². The molecule has 1 fully saturated rings. The van der Waals surface area contributed by atoms with Gasteiger partial charge < -0.3 is 10.1 Å². The van der Waals surface area contributed by atoms with Crippen molar-refractivity contribution in [3.63, 3.8) is 0 Å². The molecule has 1 saturated heterocycles. The third-order valence-corrected chi connectivity index (χ3v) is 3.74. The van der Waals surface area contributed by atoms with Gasteiger partial charge in [-0.3, -0.25) is 0 Å². The molecule has 0 saturated carbocycles. The van der Waals surface area contributed by atoms with Gasteiger partial charge in [0.1, 0.15) is 0 Å². The Kier molecular flexibility index (Phi) is 4.90. The molecule has 0 spiro atoms. The topological polar surface area (TPSA) is 21.3 Å². The van der Waals surface area contributed by atoms with Crippen molar-refractivity contribution in [3.05, 3.63) is 0 Å². The average Bonchev–Trinajstić information content (AvgIpc) is 2.69. The van der Waals surface area contributed by atoms with Gasteiger partial charge in [-0.25, -0.2) is 0 Å². The third kappa shape index (κ3) is 2.96. The number of hydrogen-bond donors (Lipinski definition) is 1. The van der Waals surface area contributed by atoms with E-state index in [0.29, 0.717) is 11.5 Å². The molecule has 1 aliphatic heterocycles. The molecule has 1 unspecified atom stereocenters. The first kappa shape index (κ1) is 12.0. The van der Waals surface area contributed by atoms with E-state index < -0.39 is 0 Å². The van der Waals surface area contributed by atoms with Gasteiger partial charge in [0, 0.05) is 13.2 Å². The first-order valence-corrected chi connectivity index (χ1v) is 6.02. The van der Waals surface area contributed by atoms with E-state index in [-0.39, 0.29) is 0 Å². The van der Waals surface area contributed by atoms with Crippen LogP contribution in [0, 0.1) is 5.41 Å². The summed E-state index contributed by atoms with van der Waals surface area (Å²) >= 11 is 0. The minimum absolute atomic E-state index is 0.462. The SMILES string of the molecule is CCC(CC)(CNC)CC1CCCO1. The molecule has 2 nitrogen and oxygen atoms in total. The van der Waals surface area contributed by atoms with Gasteiger partial charge in [0.25, 0.3) is 0 Å². The molecular weight excluding hydrogens is 174 g/mol. The Hall–Kier alpha value is -0.0800. The quantitative estimate of drug-likeness (QED) is 0.710. The van der Waals surface area contributed by atoms with Crippen LogP contribution >= 0.6 is 0 Å². The Labute approximate surface area is 88.4 Å². The fourth-order valence-corrected chi connectivity index (χ4v) is 2.52. The van der Waals surface area contributed by atoms with Gasteiger partial charge in [0.2, 0.25) is 0 Å². The number of ether oxygens (including phenoxy) is 1. The molecule has 84 valence electrons. The summed E-state index contributed by atoms with van der Waals surface area (Å²) in [5.74, 6) is 0. The molecule has 1 heterocycles. The molecule has 1 rings (SSSR count). The predicted molar refractivity (Wildman–Crippen MR) is 60.5 cm³/mol. The third-order valence-electron chi connectivity index (χ3n) is 3.74. The zero-order valence-corrected chi connectivity index (χ0v) is 9.94. The molecule has 1 atom stereocenters. The van der Waals surface area contributed by atoms with Crippen LogP contribution < -0.4 is 5.32 Å². The lowest BCUT2D eigenvalue weighted by molar-refractivity contribution is 0.0568. The van der Waals surface area contributed by atoms with Gasteiger partial charge in [-0.05, 0) is 44.6 Å². The lowest BCUT2D eigenvalue weighted by atomic mass is 9.77. The lowest BCUT2D eigenvalue weighted by Crippen LogP contribution is -2.34. The molecule has 0 radical (unpaired) electrons. The maximum Gasteiger partial charge on any atom is 0.0581 e. The monoisotopic (exact) mass is 199 g/mol. The Morgan fingerprint density at radius 3 is 2.50 bits per heavy atom. The van der Waals surface area contributed by atoms with E-state index in [9.17, 15) is 0 Å². The van der Waals surface area contributed by atoms with Crippen LogP contribution in [0.3, 0.4) is 0 Å². The molecule has 0 aromatic carbocycles. The lowest BCUT2D eigenvalue weighted by Gasteiger charge is -2.33. The second-order valence-corrected chi connectivity index (χ2v) is 4.58. The Bertz CT molecular complexity index is 148. The molecule has 1 aliphatic rings. The van der Waals surface area contributed by atoms with Gasteiger partial charge in [-0.15, -0.1) is 0 Å². The minimum atomic E-state index is 0.462. The van der Waals surface area contributed by atoms with Crippen LogP contribution in [0.15, 0.2) is 0 Å². The van der Waals surface area contributed by atoms with Crippen molar-refractivity contribution < 1.29 is 4.74 Å². The van der Waals surface area contributed by atoms with Gasteiger partial charge in [-0.2, -0.15) is 0 Å². The van der Waals surface area contributed by atoms with E-state index in [1.165, 1.54) is 32.1 Å². The summed E-state index contributed by atoms with van der Waals surface area (Å²) in [4.78, 5) is 0. The highest BCUT2D eigenvalue weighted by Gasteiger charge is 2.30. The van der Waals surface area contributed by atoms with Crippen molar-refractivity contribution in [1.82, 2.24) is 5.32 Å². The summed E-state index contributed by atoms with van der Waals surface area (Å²) in [5, 5.41) is 3.33. The highest BCUT2D eigenvalue weighted by atomic mass is 16.5. The van der Waals surface area contributed by atoms with Gasteiger partial charge in [0.15, 0.2) is 0 Å². The van der Waals surface area contributed by atoms with Crippen molar-refractivity contribution in [1.29, 1.82) is 0 Å². The molecular formula is C12H25NO. The standard InChI is InChI=1S/C12H25NO/c1-4-12(5-2,10-13-3)9-11-7-6-8-14-11/h11,13H,4-10H2,1-3H3. The predicted octanol–water partition coefficient (Wildman–Crippen LogP) is 2.58. The largest absolute Gasteiger partial charge is 0.378 e. The van der Waals surface area contributed by atoms with Crippen LogP contribution in [0.5, 0.6) is 0 Å². The fourth-order valence-electron chi connectivity index (χ4n) is 2.52. The smallest absolute Gasteiger partial charge is 0.0581 e. The van der Waals surface area contributed by atoms with Crippen molar-refractivity contribution in [2.24, 2.45) is 5.41 Å². The molecule has 0 amide bonds. The molecule has 0 aromatic rings. The van der Waals surface area contributed by atoms with Gasteiger partial charge in [-0.1, -0.05) is 13.8 Å². The molecule has 0 aliphatic carbocycles. The summed E-state index contributed by atoms with van der Waals surface area (Å²) in [5.41, 5.74) is 0.462. The summed E-state index contributed by atoms with van der Waals surface area (Å²) in [6, 6.07) is 0. The second kappa shape index (κ2) is 5.72. The average molecular weight is 199 g/mol. The number of hydrogen-bond acceptors (Lipinski definition) is 2. The summed E-state index contributed by atoms with van der Waals surface area (Å²) in [7, 11) is 2.05. The Morgan fingerprint density at radius 1 is 1.36 bits per heavy atom. The maximum atomic E-state index is 5.73. The summed E-state index contributed by atoms with van der Waals surface area (Å²) in [6.07, 6.45) is 6.80. The van der Waals surface area contributed by atoms with Crippen molar-refractivity contribution in [2.75, 3.05) is 20.2 Å². The summed E-state index contributed by atoms with van der Waals surface area (Å²) in [6.45, 7) is 6.71. The Morgan fingerprint density at radius 2 is 2.07 bits per heavy atom. The molecule has 0 bridgehead atoms. The van der Waals surface area contributed by atoms with Crippen LogP contribution in [0.2, 0.25) is 0 Å². The van der Waals surface area contributed by atoms with Crippen molar-refractivity contribution in [2.45, 2.75) is 52.1 Å². The normalized spacial score (nSPS) is 22.9. The highest BCUT2D eigenvalue weighted by Crippen LogP contribution is 2.34. The maximum absolute atomic E-state index is 5.73. The van der Waals surface area contributed by atoms with E-state index in [0.717, 1.165) is 13.2 Å². The van der Waals surface area contributed by atoms with E-state index in [2.05, 4.69) is 26.2 Å². The summed E-state index contributed by atoms with van der Waals surface area (Å²) < 4.78 is 5.73. The second-order valence-electron chi connectivity index (χ2n) is 4.58. The zero-order chi connectivity index (χ0) is 10.4. The van der Waals surface area contributed by atoms with E-state index >= 15 is 0 Å². The van der Waals surface area contributed by atoms with Crippen LogP contribution in [0.1, 0.15) is 46.0 Å². The minimum Gasteiger partial charge on any atom is -0.378 e. The first-order valence-electron chi connectivity index (χ1n) is 6.02. The van der Waals surface area contributed by atoms with Gasteiger partial charge >= 0.3 is 0 Å². The zero-order valence-electron chi connectivity index (χ0n) is 9.94. The molecule has 1 N–H and O–H groups in total. The molecule has 0 aromatic heterocycles.